The Kier molecular flexibility index (Phi) is 8.85. The number of carbonyl (C=O) groups is 1. The fourth-order valence-electron chi connectivity index (χ4n) is 1.03. The molecular weight excluding hydrogens is 214 g/mol. The molecule has 0 aliphatic rings. The van der Waals surface area contributed by atoms with Gasteiger partial charge in [-0.2, -0.15) is 0 Å². The molecule has 0 spiro atoms. The van der Waals surface area contributed by atoms with E-state index in [4.69, 9.17) is 9.84 Å². The minimum Gasteiger partial charge on any atom is -0.395 e. The van der Waals surface area contributed by atoms with Gasteiger partial charge < -0.3 is 15.2 Å². The summed E-state index contributed by atoms with van der Waals surface area (Å²) in [7, 11) is 1.64. The lowest BCUT2D eigenvalue weighted by Crippen LogP contribution is -2.33. The molecule has 0 aromatic carbocycles. The van der Waals surface area contributed by atoms with Crippen LogP contribution in [0.1, 0.15) is 20.3 Å². The van der Waals surface area contributed by atoms with E-state index in [2.05, 4.69) is 5.32 Å². The maximum Gasteiger partial charge on any atom is 0.232 e. The van der Waals surface area contributed by atoms with Crippen LogP contribution in [0, 0.1) is 0 Å². The van der Waals surface area contributed by atoms with Crippen molar-refractivity contribution in [2.24, 2.45) is 0 Å². The molecule has 0 aromatic heterocycles. The van der Waals surface area contributed by atoms with Crippen LogP contribution >= 0.6 is 11.8 Å². The Balaban J connectivity index is 3.60. The summed E-state index contributed by atoms with van der Waals surface area (Å²) in [6, 6.07) is 0. The van der Waals surface area contributed by atoms with E-state index >= 15 is 0 Å². The SMILES string of the molecule is COCCCNC(=O)C(C)SC(C)CO. The molecule has 0 saturated carbocycles. The van der Waals surface area contributed by atoms with Crippen molar-refractivity contribution >= 4 is 17.7 Å². The summed E-state index contributed by atoms with van der Waals surface area (Å²) in [6.07, 6.45) is 0.829. The van der Waals surface area contributed by atoms with Gasteiger partial charge in [0.1, 0.15) is 0 Å². The van der Waals surface area contributed by atoms with Gasteiger partial charge >= 0.3 is 0 Å². The second-order valence-corrected chi connectivity index (χ2v) is 5.19. The molecular formula is C10H21NO3S. The van der Waals surface area contributed by atoms with Crippen LogP contribution in [0.25, 0.3) is 0 Å². The molecule has 2 atom stereocenters. The number of rotatable bonds is 8. The number of thioether (sulfide) groups is 1. The quantitative estimate of drug-likeness (QED) is 0.606. The van der Waals surface area contributed by atoms with Crippen molar-refractivity contribution in [3.05, 3.63) is 0 Å². The third-order valence-electron chi connectivity index (χ3n) is 1.89. The highest BCUT2D eigenvalue weighted by molar-refractivity contribution is 8.01. The van der Waals surface area contributed by atoms with Gasteiger partial charge in [0.25, 0.3) is 0 Å². The number of nitrogens with one attached hydrogen (secondary N) is 1. The minimum atomic E-state index is -0.116. The first-order valence-electron chi connectivity index (χ1n) is 5.14. The predicted molar refractivity (Wildman–Crippen MR) is 63.1 cm³/mol. The summed E-state index contributed by atoms with van der Waals surface area (Å²) >= 11 is 1.48. The van der Waals surface area contributed by atoms with E-state index in [9.17, 15) is 4.79 Å². The lowest BCUT2D eigenvalue weighted by atomic mass is 10.4. The Bertz CT molecular complexity index is 178. The molecule has 0 rings (SSSR count). The lowest BCUT2D eigenvalue weighted by Gasteiger charge is -2.15. The van der Waals surface area contributed by atoms with E-state index in [0.29, 0.717) is 13.2 Å². The van der Waals surface area contributed by atoms with Gasteiger partial charge in [-0.15, -0.1) is 11.8 Å². The van der Waals surface area contributed by atoms with E-state index in [1.54, 1.807) is 7.11 Å². The Morgan fingerprint density at radius 3 is 2.73 bits per heavy atom. The average Bonchev–Trinajstić information content (AvgIpc) is 2.23. The molecule has 90 valence electrons. The topological polar surface area (TPSA) is 58.6 Å². The Labute approximate surface area is 95.8 Å². The smallest absolute Gasteiger partial charge is 0.232 e. The molecule has 0 bridgehead atoms. The number of carbonyl (C=O) groups excluding carboxylic acids is 1. The first kappa shape index (κ1) is 14.7. The van der Waals surface area contributed by atoms with Gasteiger partial charge in [-0.25, -0.2) is 0 Å². The maximum atomic E-state index is 11.5. The Morgan fingerprint density at radius 2 is 2.20 bits per heavy atom. The van der Waals surface area contributed by atoms with Crippen LogP contribution in [0.4, 0.5) is 0 Å². The van der Waals surface area contributed by atoms with Crippen molar-refractivity contribution in [3.8, 4) is 0 Å². The third-order valence-corrected chi connectivity index (χ3v) is 3.12. The Morgan fingerprint density at radius 1 is 1.53 bits per heavy atom. The van der Waals surface area contributed by atoms with Gasteiger partial charge in [-0.1, -0.05) is 6.92 Å². The van der Waals surface area contributed by atoms with E-state index in [1.807, 2.05) is 13.8 Å². The van der Waals surface area contributed by atoms with E-state index in [1.165, 1.54) is 11.8 Å². The van der Waals surface area contributed by atoms with Crippen LogP contribution in [-0.4, -0.2) is 48.4 Å². The Hall–Kier alpha value is -0.260. The summed E-state index contributed by atoms with van der Waals surface area (Å²) in [5.41, 5.74) is 0. The molecule has 1 amide bonds. The van der Waals surface area contributed by atoms with Crippen LogP contribution in [0.2, 0.25) is 0 Å². The largest absolute Gasteiger partial charge is 0.395 e. The van der Waals surface area contributed by atoms with Gasteiger partial charge in [-0.3, -0.25) is 4.79 Å². The highest BCUT2D eigenvalue weighted by Crippen LogP contribution is 2.16. The predicted octanol–water partition coefficient (Wildman–Crippen LogP) is 0.642. The standard InChI is InChI=1S/C10H21NO3S/c1-8(7-12)15-9(2)10(13)11-5-4-6-14-3/h8-9,12H,4-7H2,1-3H3,(H,11,13). The molecule has 4 nitrogen and oxygen atoms in total. The van der Waals surface area contributed by atoms with Crippen molar-refractivity contribution in [1.82, 2.24) is 5.32 Å². The van der Waals surface area contributed by atoms with Gasteiger partial charge in [0.05, 0.1) is 11.9 Å². The summed E-state index contributed by atoms with van der Waals surface area (Å²) < 4.78 is 4.88. The fourth-order valence-corrected chi connectivity index (χ4v) is 2.02. The zero-order valence-corrected chi connectivity index (χ0v) is 10.5. The molecule has 0 saturated heterocycles. The van der Waals surface area contributed by atoms with E-state index in [0.717, 1.165) is 6.42 Å². The second kappa shape index (κ2) is 9.00. The van der Waals surface area contributed by atoms with E-state index < -0.39 is 0 Å². The summed E-state index contributed by atoms with van der Waals surface area (Å²) in [5, 5.41) is 11.7. The summed E-state index contributed by atoms with van der Waals surface area (Å²) in [5.74, 6) is 0.0244. The number of aliphatic hydroxyl groups is 1. The third kappa shape index (κ3) is 7.64. The molecule has 0 aliphatic carbocycles. The lowest BCUT2D eigenvalue weighted by molar-refractivity contribution is -0.120. The van der Waals surface area contributed by atoms with Crippen LogP contribution < -0.4 is 5.32 Å². The molecule has 0 heterocycles. The second-order valence-electron chi connectivity index (χ2n) is 3.41. The highest BCUT2D eigenvalue weighted by Gasteiger charge is 2.15. The average molecular weight is 235 g/mol. The van der Waals surface area contributed by atoms with Crippen molar-refractivity contribution in [1.29, 1.82) is 0 Å². The monoisotopic (exact) mass is 235 g/mol. The van der Waals surface area contributed by atoms with Crippen LogP contribution in [0.15, 0.2) is 0 Å². The van der Waals surface area contributed by atoms with Crippen molar-refractivity contribution in [3.63, 3.8) is 0 Å². The molecule has 0 aromatic rings. The molecule has 2 unspecified atom stereocenters. The summed E-state index contributed by atoms with van der Waals surface area (Å²) in [4.78, 5) is 11.5. The summed E-state index contributed by atoms with van der Waals surface area (Å²) in [6.45, 7) is 5.16. The molecule has 0 aliphatic heterocycles. The van der Waals surface area contributed by atoms with Crippen LogP contribution in [0.5, 0.6) is 0 Å². The minimum absolute atomic E-state index is 0.0244. The molecule has 5 heteroatoms. The first-order valence-corrected chi connectivity index (χ1v) is 6.09. The fraction of sp³-hybridized carbons (Fsp3) is 0.900. The first-order chi connectivity index (χ1) is 7.11. The van der Waals surface area contributed by atoms with Gasteiger partial charge in [0.15, 0.2) is 0 Å². The van der Waals surface area contributed by atoms with Crippen molar-refractivity contribution in [2.45, 2.75) is 30.8 Å². The van der Waals surface area contributed by atoms with Crippen molar-refractivity contribution < 1.29 is 14.6 Å². The van der Waals surface area contributed by atoms with Crippen LogP contribution in [-0.2, 0) is 9.53 Å². The number of methoxy groups -OCH3 is 1. The molecule has 15 heavy (non-hydrogen) atoms. The number of ether oxygens (including phenoxy) is 1. The van der Waals surface area contributed by atoms with Crippen molar-refractivity contribution in [2.75, 3.05) is 26.9 Å². The zero-order valence-electron chi connectivity index (χ0n) is 9.66. The van der Waals surface area contributed by atoms with Crippen LogP contribution in [0.3, 0.4) is 0 Å². The molecule has 0 fully saturated rings. The number of amides is 1. The van der Waals surface area contributed by atoms with Gasteiger partial charge in [0, 0.05) is 25.5 Å². The number of hydrogen-bond acceptors (Lipinski definition) is 4. The highest BCUT2D eigenvalue weighted by atomic mass is 32.2. The molecule has 0 radical (unpaired) electrons. The number of hydrogen-bond donors (Lipinski definition) is 2. The maximum absolute atomic E-state index is 11.5. The normalized spacial score (nSPS) is 14.7. The van der Waals surface area contributed by atoms with E-state index in [-0.39, 0.29) is 23.0 Å². The molecule has 2 N–H and O–H groups in total. The van der Waals surface area contributed by atoms with Gasteiger partial charge in [0.2, 0.25) is 5.91 Å². The van der Waals surface area contributed by atoms with Gasteiger partial charge in [-0.05, 0) is 13.3 Å². The number of aliphatic hydroxyl groups excluding tert-OH is 1. The zero-order chi connectivity index (χ0) is 11.7.